The molecule has 9 nitrogen and oxygen atoms in total. The van der Waals surface area contributed by atoms with Crippen LogP contribution in [0, 0.1) is 0 Å². The van der Waals surface area contributed by atoms with Crippen LogP contribution in [0.3, 0.4) is 0 Å². The van der Waals surface area contributed by atoms with Gasteiger partial charge in [0.1, 0.15) is 22.6 Å². The van der Waals surface area contributed by atoms with E-state index in [2.05, 4.69) is 10.0 Å². The lowest BCUT2D eigenvalue weighted by atomic mass is 10.2. The molecule has 0 aliphatic rings. The van der Waals surface area contributed by atoms with Crippen molar-refractivity contribution >= 4 is 28.7 Å². The minimum absolute atomic E-state index is 0.218. The zero-order valence-corrected chi connectivity index (χ0v) is 14.3. The fraction of sp³-hybridized carbons (Fsp3) is 0.429. The van der Waals surface area contributed by atoms with Gasteiger partial charge >= 0.3 is 12.1 Å². The SMILES string of the molecule is CC(C)(C)OC(=O)NC(CNS(=O)c1ccccc1NO)C(=O)O. The first-order chi connectivity index (χ1) is 11.1. The number of alkyl carbamates (subject to hydrolysis) is 1. The molecule has 1 rings (SSSR count). The molecule has 0 radical (unpaired) electrons. The topological polar surface area (TPSA) is 137 Å². The van der Waals surface area contributed by atoms with Crippen LogP contribution >= 0.6 is 0 Å². The third-order valence-corrected chi connectivity index (χ3v) is 3.80. The summed E-state index contributed by atoms with van der Waals surface area (Å²) in [5.74, 6) is -1.31. The summed E-state index contributed by atoms with van der Waals surface area (Å²) in [4.78, 5) is 23.1. The van der Waals surface area contributed by atoms with Gasteiger partial charge in [0.25, 0.3) is 0 Å². The summed E-state index contributed by atoms with van der Waals surface area (Å²) < 4.78 is 19.7. The summed E-state index contributed by atoms with van der Waals surface area (Å²) in [6.07, 6.45) is -0.889. The van der Waals surface area contributed by atoms with Gasteiger partial charge in [-0.05, 0) is 32.9 Å². The molecule has 0 fully saturated rings. The molecule has 0 aromatic heterocycles. The Morgan fingerprint density at radius 2 is 1.92 bits per heavy atom. The highest BCUT2D eigenvalue weighted by Gasteiger charge is 2.24. The first-order valence-electron chi connectivity index (χ1n) is 7.01. The van der Waals surface area contributed by atoms with E-state index in [1.54, 1.807) is 32.9 Å². The van der Waals surface area contributed by atoms with Crippen LogP contribution in [0.5, 0.6) is 0 Å². The van der Waals surface area contributed by atoms with Gasteiger partial charge in [-0.2, -0.15) is 0 Å². The molecule has 2 unspecified atom stereocenters. The van der Waals surface area contributed by atoms with Crippen LogP contribution in [0.15, 0.2) is 29.2 Å². The van der Waals surface area contributed by atoms with Crippen LogP contribution in [0.1, 0.15) is 20.8 Å². The highest BCUT2D eigenvalue weighted by molar-refractivity contribution is 7.83. The number of anilines is 1. The monoisotopic (exact) mass is 359 g/mol. The number of para-hydroxylation sites is 1. The van der Waals surface area contributed by atoms with Gasteiger partial charge in [-0.15, -0.1) is 0 Å². The number of carbonyl (C=O) groups excluding carboxylic acids is 1. The number of carboxylic acid groups (broad SMARTS) is 1. The minimum atomic E-state index is -1.79. The van der Waals surface area contributed by atoms with Crippen molar-refractivity contribution in [3.63, 3.8) is 0 Å². The van der Waals surface area contributed by atoms with Crippen LogP contribution in [-0.2, 0) is 20.5 Å². The fourth-order valence-corrected chi connectivity index (χ4v) is 2.60. The molecule has 10 heteroatoms. The normalized spacial score (nSPS) is 13.7. The number of hydrogen-bond donors (Lipinski definition) is 5. The highest BCUT2D eigenvalue weighted by Crippen LogP contribution is 2.17. The summed E-state index contributed by atoms with van der Waals surface area (Å²) in [5, 5.41) is 20.3. The van der Waals surface area contributed by atoms with E-state index in [1.165, 1.54) is 12.1 Å². The second kappa shape index (κ2) is 8.62. The van der Waals surface area contributed by atoms with E-state index in [0.29, 0.717) is 0 Å². The number of carbonyl (C=O) groups is 2. The standard InChI is InChI=1S/C14H21N3O6S/c1-14(2,3)23-13(20)16-10(12(18)19)8-15-24(22)11-7-5-4-6-9(11)17-21/h4-7,10,15,17,21H,8H2,1-3H3,(H,16,20)(H,18,19). The molecule has 134 valence electrons. The van der Waals surface area contributed by atoms with Gasteiger partial charge in [0.2, 0.25) is 0 Å². The molecule has 0 saturated heterocycles. The molecular formula is C14H21N3O6S. The summed E-state index contributed by atoms with van der Waals surface area (Å²) >= 11 is 0. The Balaban J connectivity index is 2.68. The average Bonchev–Trinajstić information content (AvgIpc) is 2.48. The predicted octanol–water partition coefficient (Wildman–Crippen LogP) is 1.08. The maximum Gasteiger partial charge on any atom is 0.408 e. The van der Waals surface area contributed by atoms with E-state index >= 15 is 0 Å². The molecule has 0 bridgehead atoms. The first-order valence-corrected chi connectivity index (χ1v) is 8.15. The van der Waals surface area contributed by atoms with Gasteiger partial charge in [0, 0.05) is 6.54 Å². The van der Waals surface area contributed by atoms with Crippen molar-refractivity contribution in [1.82, 2.24) is 10.0 Å². The Hall–Kier alpha value is -2.17. The van der Waals surface area contributed by atoms with E-state index in [0.717, 1.165) is 0 Å². The van der Waals surface area contributed by atoms with Crippen molar-refractivity contribution in [3.8, 4) is 0 Å². The molecule has 0 aliphatic carbocycles. The molecule has 2 atom stereocenters. The van der Waals surface area contributed by atoms with Gasteiger partial charge in [-0.25, -0.2) is 18.5 Å². The summed E-state index contributed by atoms with van der Waals surface area (Å²) in [5.41, 5.74) is 1.35. The molecule has 0 heterocycles. The number of rotatable bonds is 7. The van der Waals surface area contributed by atoms with Gasteiger partial charge in [-0.3, -0.25) is 10.7 Å². The molecule has 0 spiro atoms. The van der Waals surface area contributed by atoms with E-state index < -0.39 is 34.7 Å². The quantitative estimate of drug-likeness (QED) is 0.459. The lowest BCUT2D eigenvalue weighted by Gasteiger charge is -2.22. The zero-order valence-electron chi connectivity index (χ0n) is 13.5. The van der Waals surface area contributed by atoms with Crippen molar-refractivity contribution in [1.29, 1.82) is 0 Å². The Labute approximate surface area is 141 Å². The Morgan fingerprint density at radius 3 is 2.46 bits per heavy atom. The number of carboxylic acids is 1. The van der Waals surface area contributed by atoms with E-state index in [1.807, 2.05) is 5.48 Å². The molecule has 1 aromatic carbocycles. The molecule has 0 aliphatic heterocycles. The van der Waals surface area contributed by atoms with E-state index in [9.17, 15) is 13.8 Å². The van der Waals surface area contributed by atoms with Crippen molar-refractivity contribution in [3.05, 3.63) is 24.3 Å². The van der Waals surface area contributed by atoms with Crippen molar-refractivity contribution in [2.75, 3.05) is 12.0 Å². The fourth-order valence-electron chi connectivity index (χ4n) is 1.61. The largest absolute Gasteiger partial charge is 0.480 e. The first kappa shape index (κ1) is 19.9. The van der Waals surface area contributed by atoms with Crippen LogP contribution in [0.2, 0.25) is 0 Å². The van der Waals surface area contributed by atoms with Crippen LogP contribution < -0.4 is 15.5 Å². The minimum Gasteiger partial charge on any atom is -0.480 e. The zero-order chi connectivity index (χ0) is 18.3. The second-order valence-corrected chi connectivity index (χ2v) is 7.03. The molecule has 1 aromatic rings. The lowest BCUT2D eigenvalue weighted by Crippen LogP contribution is -2.49. The average molecular weight is 359 g/mol. The van der Waals surface area contributed by atoms with Gasteiger partial charge < -0.3 is 15.2 Å². The van der Waals surface area contributed by atoms with Crippen LogP contribution in [0.4, 0.5) is 10.5 Å². The number of benzene rings is 1. The number of aliphatic carboxylic acids is 1. The van der Waals surface area contributed by atoms with E-state index in [4.69, 9.17) is 15.1 Å². The smallest absolute Gasteiger partial charge is 0.408 e. The third-order valence-electron chi connectivity index (χ3n) is 2.61. The Bertz CT molecular complexity index is 617. The maximum absolute atomic E-state index is 12.2. The molecule has 1 amide bonds. The van der Waals surface area contributed by atoms with E-state index in [-0.39, 0.29) is 17.1 Å². The van der Waals surface area contributed by atoms with Crippen molar-refractivity contribution in [2.24, 2.45) is 0 Å². The summed E-state index contributed by atoms with van der Waals surface area (Å²) in [7, 11) is -1.79. The maximum atomic E-state index is 12.2. The van der Waals surface area contributed by atoms with Crippen molar-refractivity contribution < 1.29 is 28.8 Å². The Morgan fingerprint density at radius 1 is 1.29 bits per heavy atom. The van der Waals surface area contributed by atoms with Gasteiger partial charge in [0.05, 0.1) is 10.6 Å². The molecule has 5 N–H and O–H groups in total. The highest BCUT2D eigenvalue weighted by atomic mass is 32.2. The van der Waals surface area contributed by atoms with Crippen LogP contribution in [0.25, 0.3) is 0 Å². The number of ether oxygens (including phenoxy) is 1. The van der Waals surface area contributed by atoms with Gasteiger partial charge in [-0.1, -0.05) is 12.1 Å². The summed E-state index contributed by atoms with van der Waals surface area (Å²) in [6.45, 7) is 4.64. The number of nitrogens with one attached hydrogen (secondary N) is 3. The Kier molecular flexibility index (Phi) is 7.14. The van der Waals surface area contributed by atoms with Crippen molar-refractivity contribution in [2.45, 2.75) is 37.3 Å². The molecule has 24 heavy (non-hydrogen) atoms. The predicted molar refractivity (Wildman–Crippen MR) is 87.1 cm³/mol. The number of hydrogen-bond acceptors (Lipinski definition) is 6. The molecule has 0 saturated carbocycles. The second-order valence-electron chi connectivity index (χ2n) is 5.76. The number of amides is 1. The lowest BCUT2D eigenvalue weighted by molar-refractivity contribution is -0.139. The summed E-state index contributed by atoms with van der Waals surface area (Å²) in [6, 6.07) is 4.91. The third kappa shape index (κ3) is 6.52. The van der Waals surface area contributed by atoms with Gasteiger partial charge in [0.15, 0.2) is 0 Å². The molecular weight excluding hydrogens is 338 g/mol. The van der Waals surface area contributed by atoms with Crippen LogP contribution in [-0.4, -0.2) is 44.8 Å².